The van der Waals surface area contributed by atoms with Crippen LogP contribution in [0.2, 0.25) is 0 Å². The first kappa shape index (κ1) is 14.0. The summed E-state index contributed by atoms with van der Waals surface area (Å²) in [6.07, 6.45) is 7.43. The minimum atomic E-state index is -0.351. The Hall–Kier alpha value is -1.07. The molecule has 1 aromatic rings. The number of amides is 1. The number of nitrogens with two attached hydrogens (primary N) is 1. The highest BCUT2D eigenvalue weighted by Gasteiger charge is 2.39. The molecule has 0 radical (unpaired) electrons. The van der Waals surface area contributed by atoms with Crippen LogP contribution in [0.25, 0.3) is 0 Å². The zero-order valence-electron chi connectivity index (χ0n) is 9.98. The molecular formula is C11H19ClN4O. The predicted octanol–water partition coefficient (Wildman–Crippen LogP) is 1.30. The van der Waals surface area contributed by atoms with Gasteiger partial charge >= 0.3 is 0 Å². The normalized spacial score (nSPS) is 17.5. The van der Waals surface area contributed by atoms with Crippen molar-refractivity contribution >= 4 is 24.0 Å². The van der Waals surface area contributed by atoms with Gasteiger partial charge in [-0.05, 0) is 12.8 Å². The summed E-state index contributed by atoms with van der Waals surface area (Å²) in [7, 11) is 1.82. The van der Waals surface area contributed by atoms with Gasteiger partial charge < -0.3 is 11.1 Å². The smallest absolute Gasteiger partial charge is 0.231 e. The van der Waals surface area contributed by atoms with Crippen LogP contribution in [0.15, 0.2) is 12.4 Å². The lowest BCUT2D eigenvalue weighted by atomic mass is 9.85. The molecule has 96 valence electrons. The van der Waals surface area contributed by atoms with Crippen LogP contribution in [0.5, 0.6) is 0 Å². The summed E-state index contributed by atoms with van der Waals surface area (Å²) in [5.41, 5.74) is 6.14. The van der Waals surface area contributed by atoms with Gasteiger partial charge in [-0.2, -0.15) is 5.10 Å². The lowest BCUT2D eigenvalue weighted by Gasteiger charge is -2.25. The molecular weight excluding hydrogens is 240 g/mol. The summed E-state index contributed by atoms with van der Waals surface area (Å²) in [6.45, 7) is 0.430. The Balaban J connectivity index is 0.00000144. The maximum Gasteiger partial charge on any atom is 0.231 e. The molecule has 0 aliphatic heterocycles. The van der Waals surface area contributed by atoms with Gasteiger partial charge in [0.25, 0.3) is 0 Å². The van der Waals surface area contributed by atoms with Crippen molar-refractivity contribution in [2.75, 3.05) is 11.9 Å². The van der Waals surface area contributed by atoms with Crippen LogP contribution in [0, 0.1) is 5.41 Å². The Morgan fingerprint density at radius 2 is 2.24 bits per heavy atom. The molecule has 17 heavy (non-hydrogen) atoms. The summed E-state index contributed by atoms with van der Waals surface area (Å²) in [5.74, 6) is 0.0421. The number of aryl methyl sites for hydroxylation is 1. The van der Waals surface area contributed by atoms with Gasteiger partial charge in [-0.15, -0.1) is 12.4 Å². The molecule has 0 unspecified atom stereocenters. The van der Waals surface area contributed by atoms with Crippen molar-refractivity contribution in [3.05, 3.63) is 12.4 Å². The SMILES string of the molecule is Cl.Cn1cc(NC(=O)C2(CN)CCCC2)cn1. The molecule has 1 heterocycles. The highest BCUT2D eigenvalue weighted by molar-refractivity contribution is 5.95. The molecule has 0 bridgehead atoms. The van der Waals surface area contributed by atoms with Crippen molar-refractivity contribution in [1.82, 2.24) is 9.78 Å². The average molecular weight is 259 g/mol. The van der Waals surface area contributed by atoms with Crippen LogP contribution < -0.4 is 11.1 Å². The van der Waals surface area contributed by atoms with E-state index in [1.165, 1.54) is 0 Å². The largest absolute Gasteiger partial charge is 0.329 e. The van der Waals surface area contributed by atoms with Gasteiger partial charge in [-0.25, -0.2) is 0 Å². The van der Waals surface area contributed by atoms with E-state index in [2.05, 4.69) is 10.4 Å². The minimum absolute atomic E-state index is 0. The second kappa shape index (κ2) is 5.51. The molecule has 0 spiro atoms. The maximum atomic E-state index is 12.1. The Bertz CT molecular complexity index is 385. The van der Waals surface area contributed by atoms with Crippen molar-refractivity contribution in [3.8, 4) is 0 Å². The number of rotatable bonds is 3. The second-order valence-corrected chi connectivity index (χ2v) is 4.55. The zero-order chi connectivity index (χ0) is 11.6. The van der Waals surface area contributed by atoms with Crippen molar-refractivity contribution in [1.29, 1.82) is 0 Å². The highest BCUT2D eigenvalue weighted by atomic mass is 35.5. The number of nitrogens with zero attached hydrogens (tertiary/aromatic N) is 2. The maximum absolute atomic E-state index is 12.1. The van der Waals surface area contributed by atoms with Gasteiger partial charge in [0.15, 0.2) is 0 Å². The van der Waals surface area contributed by atoms with Gasteiger partial charge in [-0.1, -0.05) is 12.8 Å². The number of anilines is 1. The minimum Gasteiger partial charge on any atom is -0.329 e. The third-order valence-electron chi connectivity index (χ3n) is 3.40. The summed E-state index contributed by atoms with van der Waals surface area (Å²) in [5, 5.41) is 6.91. The van der Waals surface area contributed by atoms with Crippen molar-refractivity contribution in [2.24, 2.45) is 18.2 Å². The summed E-state index contributed by atoms with van der Waals surface area (Å²) < 4.78 is 1.67. The van der Waals surface area contributed by atoms with E-state index in [-0.39, 0.29) is 23.7 Å². The molecule has 3 N–H and O–H groups in total. The van der Waals surface area contributed by atoms with E-state index in [9.17, 15) is 4.79 Å². The van der Waals surface area contributed by atoms with Crippen molar-refractivity contribution < 1.29 is 4.79 Å². The third kappa shape index (κ3) is 2.79. The topological polar surface area (TPSA) is 72.9 Å². The van der Waals surface area contributed by atoms with Gasteiger partial charge in [0.05, 0.1) is 17.3 Å². The second-order valence-electron chi connectivity index (χ2n) is 4.55. The first-order chi connectivity index (χ1) is 7.66. The molecule has 2 rings (SSSR count). The van der Waals surface area contributed by atoms with E-state index in [1.807, 2.05) is 7.05 Å². The van der Waals surface area contributed by atoms with Crippen LogP contribution >= 0.6 is 12.4 Å². The number of hydrogen-bond acceptors (Lipinski definition) is 3. The lowest BCUT2D eigenvalue weighted by molar-refractivity contribution is -0.124. The fourth-order valence-electron chi connectivity index (χ4n) is 2.33. The van der Waals surface area contributed by atoms with Gasteiger partial charge in [0.1, 0.15) is 0 Å². The molecule has 1 fully saturated rings. The summed E-state index contributed by atoms with van der Waals surface area (Å²) >= 11 is 0. The molecule has 0 aromatic carbocycles. The van der Waals surface area contributed by atoms with Crippen molar-refractivity contribution in [3.63, 3.8) is 0 Å². The van der Waals surface area contributed by atoms with E-state index < -0.39 is 0 Å². The first-order valence-electron chi connectivity index (χ1n) is 5.66. The molecule has 1 saturated carbocycles. The number of aromatic nitrogens is 2. The molecule has 1 aliphatic carbocycles. The van der Waals surface area contributed by atoms with Gasteiger partial charge in [0.2, 0.25) is 5.91 Å². The van der Waals surface area contributed by atoms with E-state index in [0.29, 0.717) is 6.54 Å². The number of hydrogen-bond donors (Lipinski definition) is 2. The number of carbonyl (C=O) groups is 1. The number of halogens is 1. The van der Waals surface area contributed by atoms with E-state index in [1.54, 1.807) is 17.1 Å². The van der Waals surface area contributed by atoms with Crippen molar-refractivity contribution in [2.45, 2.75) is 25.7 Å². The highest BCUT2D eigenvalue weighted by Crippen LogP contribution is 2.38. The van der Waals surface area contributed by atoms with Crippen LogP contribution in [0.1, 0.15) is 25.7 Å². The molecule has 5 nitrogen and oxygen atoms in total. The third-order valence-corrected chi connectivity index (χ3v) is 3.40. The average Bonchev–Trinajstić information content (AvgIpc) is 2.88. The molecule has 1 aromatic heterocycles. The quantitative estimate of drug-likeness (QED) is 0.858. The summed E-state index contributed by atoms with van der Waals surface area (Å²) in [6, 6.07) is 0. The Labute approximate surface area is 107 Å². The van der Waals surface area contributed by atoms with E-state index >= 15 is 0 Å². The first-order valence-corrected chi connectivity index (χ1v) is 5.66. The van der Waals surface area contributed by atoms with Crippen LogP contribution in [0.4, 0.5) is 5.69 Å². The fourth-order valence-corrected chi connectivity index (χ4v) is 2.33. The van der Waals surface area contributed by atoms with Gasteiger partial charge in [-0.3, -0.25) is 9.48 Å². The van der Waals surface area contributed by atoms with Gasteiger partial charge in [0, 0.05) is 19.8 Å². The molecule has 6 heteroatoms. The Morgan fingerprint density at radius 1 is 1.59 bits per heavy atom. The predicted molar refractivity (Wildman–Crippen MR) is 69.0 cm³/mol. The standard InChI is InChI=1S/C11H18N4O.ClH/c1-15-7-9(6-13-15)14-10(16)11(8-12)4-2-3-5-11;/h6-7H,2-5,8,12H2,1H3,(H,14,16);1H. The van der Waals surface area contributed by atoms with E-state index in [0.717, 1.165) is 31.4 Å². The summed E-state index contributed by atoms with van der Waals surface area (Å²) in [4.78, 5) is 12.1. The van der Waals surface area contributed by atoms with E-state index in [4.69, 9.17) is 5.73 Å². The monoisotopic (exact) mass is 258 g/mol. The molecule has 0 atom stereocenters. The Morgan fingerprint density at radius 3 is 2.71 bits per heavy atom. The van der Waals surface area contributed by atoms with Crippen LogP contribution in [-0.4, -0.2) is 22.2 Å². The van der Waals surface area contributed by atoms with Crippen LogP contribution in [-0.2, 0) is 11.8 Å². The fraction of sp³-hybridized carbons (Fsp3) is 0.636. The lowest BCUT2D eigenvalue weighted by Crippen LogP contribution is -2.40. The zero-order valence-corrected chi connectivity index (χ0v) is 10.8. The molecule has 1 amide bonds. The molecule has 0 saturated heterocycles. The molecule has 1 aliphatic rings. The van der Waals surface area contributed by atoms with Crippen LogP contribution in [0.3, 0.4) is 0 Å². The number of carbonyl (C=O) groups excluding carboxylic acids is 1. The number of nitrogens with one attached hydrogen (secondary N) is 1. The Kier molecular flexibility index (Phi) is 4.54.